The van der Waals surface area contributed by atoms with Crippen molar-refractivity contribution in [3.05, 3.63) is 70.8 Å². The summed E-state index contributed by atoms with van der Waals surface area (Å²) in [5.41, 5.74) is 5.73. The first kappa shape index (κ1) is 21.3. The Morgan fingerprint density at radius 2 is 1.66 bits per heavy atom. The van der Waals surface area contributed by atoms with Crippen molar-refractivity contribution in [2.45, 2.75) is 33.7 Å². The number of anilines is 1. The lowest BCUT2D eigenvalue weighted by Gasteiger charge is -2.32. The molecule has 4 nitrogen and oxygen atoms in total. The first-order valence-electron chi connectivity index (χ1n) is 10.7. The van der Waals surface area contributed by atoms with Crippen LogP contribution >= 0.6 is 0 Å². The first-order valence-corrected chi connectivity index (χ1v) is 10.7. The zero-order chi connectivity index (χ0) is 20.8. The molecule has 1 fully saturated rings. The van der Waals surface area contributed by atoms with Crippen LogP contribution in [0.2, 0.25) is 0 Å². The standard InChI is InChI=1S/C25H33N3O/c1-19-17-20(2)24(21(3)18-19)26-25(29)22(4)28-15-13-27(14-16-28)12-8-11-23-9-6-5-7-10-23/h5-11,17-18,22H,12-16H2,1-4H3,(H,26,29)/p+2/b11-8+/t22-/m1/s1. The Morgan fingerprint density at radius 3 is 2.28 bits per heavy atom. The molecule has 1 aliphatic rings. The van der Waals surface area contributed by atoms with Gasteiger partial charge in [-0.05, 0) is 50.5 Å². The van der Waals surface area contributed by atoms with Gasteiger partial charge < -0.3 is 15.1 Å². The van der Waals surface area contributed by atoms with Crippen LogP contribution in [0.4, 0.5) is 5.69 Å². The van der Waals surface area contributed by atoms with Crippen molar-refractivity contribution in [1.29, 1.82) is 0 Å². The Bertz CT molecular complexity index is 829. The zero-order valence-corrected chi connectivity index (χ0v) is 18.2. The SMILES string of the molecule is Cc1cc(C)c(NC(=O)[C@@H](C)[NH+]2CC[NH+](C/C=C/c3ccccc3)CC2)c(C)c1. The fourth-order valence-corrected chi connectivity index (χ4v) is 4.28. The van der Waals surface area contributed by atoms with Crippen molar-refractivity contribution in [2.75, 3.05) is 38.0 Å². The lowest BCUT2D eigenvalue weighted by atomic mass is 10.0. The van der Waals surface area contributed by atoms with Gasteiger partial charge >= 0.3 is 0 Å². The third-order valence-electron chi connectivity index (χ3n) is 6.05. The highest BCUT2D eigenvalue weighted by Gasteiger charge is 2.31. The number of rotatable bonds is 6. The molecule has 0 aliphatic carbocycles. The molecule has 0 saturated carbocycles. The van der Waals surface area contributed by atoms with E-state index in [0.717, 1.165) is 49.5 Å². The number of hydrogen-bond donors (Lipinski definition) is 3. The summed E-state index contributed by atoms with van der Waals surface area (Å²) in [4.78, 5) is 15.8. The number of nitrogens with one attached hydrogen (secondary N) is 3. The Morgan fingerprint density at radius 1 is 1.03 bits per heavy atom. The van der Waals surface area contributed by atoms with Gasteiger partial charge in [-0.2, -0.15) is 0 Å². The van der Waals surface area contributed by atoms with E-state index in [1.165, 1.54) is 16.0 Å². The summed E-state index contributed by atoms with van der Waals surface area (Å²) in [6.45, 7) is 13.6. The van der Waals surface area contributed by atoms with Crippen LogP contribution in [0.3, 0.4) is 0 Å². The highest BCUT2D eigenvalue weighted by Crippen LogP contribution is 2.21. The molecule has 3 N–H and O–H groups in total. The van der Waals surface area contributed by atoms with Crippen LogP contribution in [0.1, 0.15) is 29.2 Å². The number of aryl methyl sites for hydroxylation is 3. The van der Waals surface area contributed by atoms with Gasteiger partial charge in [0.2, 0.25) is 0 Å². The number of carbonyl (C=O) groups excluding carboxylic acids is 1. The number of piperazine rings is 1. The molecule has 0 radical (unpaired) electrons. The number of hydrogen-bond acceptors (Lipinski definition) is 1. The maximum Gasteiger partial charge on any atom is 0.282 e. The second kappa shape index (κ2) is 9.86. The molecule has 1 atom stereocenters. The van der Waals surface area contributed by atoms with E-state index in [2.05, 4.69) is 81.6 Å². The van der Waals surface area contributed by atoms with Crippen LogP contribution in [0.5, 0.6) is 0 Å². The van der Waals surface area contributed by atoms with Crippen LogP contribution in [-0.4, -0.2) is 44.7 Å². The molecule has 1 heterocycles. The van der Waals surface area contributed by atoms with Gasteiger partial charge in [-0.3, -0.25) is 4.79 Å². The van der Waals surface area contributed by atoms with Crippen molar-refractivity contribution in [3.63, 3.8) is 0 Å². The Hall–Kier alpha value is -2.43. The third kappa shape index (κ3) is 5.78. The van der Waals surface area contributed by atoms with Crippen molar-refractivity contribution in [2.24, 2.45) is 0 Å². The van der Waals surface area contributed by atoms with Crippen LogP contribution in [0.25, 0.3) is 6.08 Å². The average molecular weight is 394 g/mol. The fraction of sp³-hybridized carbons (Fsp3) is 0.400. The second-order valence-electron chi connectivity index (χ2n) is 8.41. The minimum atomic E-state index is -0.0310. The van der Waals surface area contributed by atoms with E-state index in [0.29, 0.717) is 0 Å². The summed E-state index contributed by atoms with van der Waals surface area (Å²) in [5, 5.41) is 3.19. The maximum absolute atomic E-state index is 12.9. The Kier molecular flexibility index (Phi) is 7.24. The van der Waals surface area contributed by atoms with Gasteiger partial charge in [-0.15, -0.1) is 0 Å². The largest absolute Gasteiger partial charge is 0.322 e. The summed E-state index contributed by atoms with van der Waals surface area (Å²) in [5.74, 6) is 0.127. The van der Waals surface area contributed by atoms with Gasteiger partial charge in [0.1, 0.15) is 26.2 Å². The minimum absolute atomic E-state index is 0.0310. The van der Waals surface area contributed by atoms with Crippen LogP contribution in [0, 0.1) is 20.8 Å². The van der Waals surface area contributed by atoms with Gasteiger partial charge in [-0.1, -0.05) is 54.1 Å². The van der Waals surface area contributed by atoms with E-state index >= 15 is 0 Å². The third-order valence-corrected chi connectivity index (χ3v) is 6.05. The average Bonchev–Trinajstić information content (AvgIpc) is 2.71. The predicted octanol–water partition coefficient (Wildman–Crippen LogP) is 1.44. The number of benzene rings is 2. The van der Waals surface area contributed by atoms with Crippen molar-refractivity contribution >= 4 is 17.7 Å². The van der Waals surface area contributed by atoms with Crippen LogP contribution in [0.15, 0.2) is 48.5 Å². The van der Waals surface area contributed by atoms with Gasteiger partial charge in [0, 0.05) is 5.69 Å². The molecule has 29 heavy (non-hydrogen) atoms. The minimum Gasteiger partial charge on any atom is -0.322 e. The normalized spacial score (nSPS) is 20.6. The van der Waals surface area contributed by atoms with E-state index < -0.39 is 0 Å². The zero-order valence-electron chi connectivity index (χ0n) is 18.2. The Balaban J connectivity index is 1.49. The molecule has 3 rings (SSSR count). The summed E-state index contributed by atoms with van der Waals surface area (Å²) in [7, 11) is 0. The summed E-state index contributed by atoms with van der Waals surface area (Å²) in [6.07, 6.45) is 4.48. The molecule has 2 aromatic rings. The van der Waals surface area contributed by atoms with Crippen LogP contribution in [-0.2, 0) is 4.79 Å². The molecule has 0 bridgehead atoms. The molecular weight excluding hydrogens is 358 g/mol. The Labute approximate surface area is 175 Å². The predicted molar refractivity (Wildman–Crippen MR) is 120 cm³/mol. The lowest BCUT2D eigenvalue weighted by molar-refractivity contribution is -1.02. The molecule has 1 amide bonds. The van der Waals surface area contributed by atoms with Gasteiger partial charge in [0.25, 0.3) is 5.91 Å². The summed E-state index contributed by atoms with van der Waals surface area (Å²) in [6, 6.07) is 14.7. The first-order chi connectivity index (χ1) is 13.9. The summed E-state index contributed by atoms with van der Waals surface area (Å²) >= 11 is 0. The van der Waals surface area contributed by atoms with E-state index in [1.807, 2.05) is 6.07 Å². The number of amides is 1. The molecule has 4 heteroatoms. The van der Waals surface area contributed by atoms with Crippen molar-refractivity contribution in [1.82, 2.24) is 0 Å². The second-order valence-corrected chi connectivity index (χ2v) is 8.41. The molecule has 1 aliphatic heterocycles. The topological polar surface area (TPSA) is 38.0 Å². The number of carbonyl (C=O) groups is 1. The molecule has 2 aromatic carbocycles. The fourth-order valence-electron chi connectivity index (χ4n) is 4.28. The van der Waals surface area contributed by atoms with Crippen LogP contribution < -0.4 is 15.1 Å². The monoisotopic (exact) mass is 393 g/mol. The summed E-state index contributed by atoms with van der Waals surface area (Å²) < 4.78 is 0. The maximum atomic E-state index is 12.9. The molecule has 0 unspecified atom stereocenters. The van der Waals surface area contributed by atoms with Crippen molar-refractivity contribution < 1.29 is 14.6 Å². The smallest absolute Gasteiger partial charge is 0.282 e. The van der Waals surface area contributed by atoms with E-state index in [9.17, 15) is 4.79 Å². The highest BCUT2D eigenvalue weighted by molar-refractivity contribution is 5.95. The van der Waals surface area contributed by atoms with Gasteiger partial charge in [-0.25, -0.2) is 0 Å². The molecule has 0 spiro atoms. The molecule has 0 aromatic heterocycles. The molecule has 1 saturated heterocycles. The van der Waals surface area contributed by atoms with E-state index in [4.69, 9.17) is 0 Å². The lowest BCUT2D eigenvalue weighted by Crippen LogP contribution is -3.29. The molecule has 154 valence electrons. The quantitative estimate of drug-likeness (QED) is 0.683. The highest BCUT2D eigenvalue weighted by atomic mass is 16.2. The van der Waals surface area contributed by atoms with Gasteiger partial charge in [0.15, 0.2) is 6.04 Å². The van der Waals surface area contributed by atoms with E-state index in [-0.39, 0.29) is 11.9 Å². The number of quaternary nitrogens is 2. The van der Waals surface area contributed by atoms with Crippen molar-refractivity contribution in [3.8, 4) is 0 Å². The molecular formula is C25H35N3O+2. The van der Waals surface area contributed by atoms with Gasteiger partial charge in [0.05, 0.1) is 6.54 Å². The van der Waals surface area contributed by atoms with E-state index in [1.54, 1.807) is 4.90 Å².